The molecule has 0 aliphatic heterocycles. The monoisotopic (exact) mass is 231 g/mol. The van der Waals surface area contributed by atoms with Gasteiger partial charge >= 0.3 is 0 Å². The van der Waals surface area contributed by atoms with E-state index in [1.165, 1.54) is 0 Å². The van der Waals surface area contributed by atoms with Crippen molar-refractivity contribution in [2.75, 3.05) is 6.54 Å². The first kappa shape index (κ1) is 12.8. The van der Waals surface area contributed by atoms with Gasteiger partial charge in [-0.1, -0.05) is 33.6 Å². The van der Waals surface area contributed by atoms with Gasteiger partial charge in [-0.15, -0.1) is 11.6 Å². The molecule has 0 aromatic heterocycles. The highest BCUT2D eigenvalue weighted by Crippen LogP contribution is 2.37. The minimum atomic E-state index is 0.0815. The molecule has 0 bridgehead atoms. The summed E-state index contributed by atoms with van der Waals surface area (Å²) in [7, 11) is 0. The molecule has 15 heavy (non-hydrogen) atoms. The molecule has 0 radical (unpaired) electrons. The fraction of sp³-hybridized carbons (Fsp3) is 0.917. The normalized spacial score (nSPS) is 26.5. The van der Waals surface area contributed by atoms with Crippen molar-refractivity contribution in [1.82, 2.24) is 5.32 Å². The summed E-state index contributed by atoms with van der Waals surface area (Å²) in [5, 5.41) is 3.03. The Morgan fingerprint density at radius 1 is 1.47 bits per heavy atom. The Labute approximate surface area is 97.8 Å². The van der Waals surface area contributed by atoms with Crippen LogP contribution in [0.1, 0.15) is 40.0 Å². The van der Waals surface area contributed by atoms with Crippen LogP contribution in [0.4, 0.5) is 0 Å². The Hall–Kier alpha value is -0.240. The summed E-state index contributed by atoms with van der Waals surface area (Å²) >= 11 is 6.24. The van der Waals surface area contributed by atoms with Crippen molar-refractivity contribution < 1.29 is 4.79 Å². The lowest BCUT2D eigenvalue weighted by Gasteiger charge is -2.19. The fourth-order valence-corrected chi connectivity index (χ4v) is 2.42. The van der Waals surface area contributed by atoms with Crippen molar-refractivity contribution in [1.29, 1.82) is 0 Å². The van der Waals surface area contributed by atoms with Gasteiger partial charge in [0.1, 0.15) is 0 Å². The minimum absolute atomic E-state index is 0.0815. The first-order valence-electron chi connectivity index (χ1n) is 6.01. The van der Waals surface area contributed by atoms with Crippen LogP contribution in [0.2, 0.25) is 0 Å². The zero-order valence-corrected chi connectivity index (χ0v) is 10.7. The summed E-state index contributed by atoms with van der Waals surface area (Å²) < 4.78 is 0. The molecule has 0 spiro atoms. The highest BCUT2D eigenvalue weighted by Gasteiger charge is 2.39. The number of hydrogen-bond acceptors (Lipinski definition) is 1. The molecule has 88 valence electrons. The average molecular weight is 232 g/mol. The Morgan fingerprint density at radius 2 is 2.00 bits per heavy atom. The molecule has 0 heterocycles. The quantitative estimate of drug-likeness (QED) is 0.700. The van der Waals surface area contributed by atoms with E-state index in [1.54, 1.807) is 0 Å². The lowest BCUT2D eigenvalue weighted by Crippen LogP contribution is -2.34. The van der Waals surface area contributed by atoms with E-state index in [0.29, 0.717) is 18.4 Å². The maximum atomic E-state index is 11.5. The topological polar surface area (TPSA) is 29.1 Å². The first-order valence-corrected chi connectivity index (χ1v) is 6.45. The predicted octanol–water partition coefficient (Wildman–Crippen LogP) is 2.80. The van der Waals surface area contributed by atoms with Crippen molar-refractivity contribution in [3.8, 4) is 0 Å². The summed E-state index contributed by atoms with van der Waals surface area (Å²) in [6, 6.07) is 0. The van der Waals surface area contributed by atoms with Crippen molar-refractivity contribution in [2.24, 2.45) is 17.8 Å². The van der Waals surface area contributed by atoms with Crippen molar-refractivity contribution in [3.05, 3.63) is 0 Å². The third-order valence-corrected chi connectivity index (χ3v) is 3.99. The van der Waals surface area contributed by atoms with Crippen molar-refractivity contribution in [3.63, 3.8) is 0 Å². The maximum Gasteiger partial charge on any atom is 0.223 e. The second kappa shape index (κ2) is 5.74. The number of carbonyl (C=O) groups excluding carboxylic acids is 1. The Morgan fingerprint density at radius 3 is 2.40 bits per heavy atom. The van der Waals surface area contributed by atoms with Gasteiger partial charge in [0.25, 0.3) is 0 Å². The van der Waals surface area contributed by atoms with E-state index in [9.17, 15) is 4.79 Å². The Balaban J connectivity index is 2.21. The Bertz CT molecular complexity index is 216. The highest BCUT2D eigenvalue weighted by atomic mass is 35.5. The molecule has 2 nitrogen and oxygen atoms in total. The van der Waals surface area contributed by atoms with E-state index in [0.717, 1.165) is 19.3 Å². The van der Waals surface area contributed by atoms with Crippen LogP contribution in [-0.2, 0) is 4.79 Å². The van der Waals surface area contributed by atoms with Gasteiger partial charge < -0.3 is 5.32 Å². The molecule has 1 saturated carbocycles. The number of halogens is 1. The van der Waals surface area contributed by atoms with Gasteiger partial charge in [-0.3, -0.25) is 4.79 Å². The molecule has 1 fully saturated rings. The van der Waals surface area contributed by atoms with Gasteiger partial charge in [-0.2, -0.15) is 0 Å². The molecule has 3 heteroatoms. The lowest BCUT2D eigenvalue weighted by atomic mass is 9.99. The molecule has 1 N–H and O–H groups in total. The van der Waals surface area contributed by atoms with E-state index >= 15 is 0 Å². The first-order chi connectivity index (χ1) is 7.10. The van der Waals surface area contributed by atoms with Crippen molar-refractivity contribution >= 4 is 17.5 Å². The van der Waals surface area contributed by atoms with Crippen LogP contribution in [0.5, 0.6) is 0 Å². The lowest BCUT2D eigenvalue weighted by molar-refractivity contribution is -0.122. The number of amides is 1. The molecule has 1 amide bonds. The molecule has 1 rings (SSSR count). The Kier molecular flexibility index (Phi) is 4.91. The zero-order chi connectivity index (χ0) is 11.4. The van der Waals surface area contributed by atoms with Crippen LogP contribution >= 0.6 is 11.6 Å². The molecule has 0 aromatic carbocycles. The van der Waals surface area contributed by atoms with Crippen LogP contribution in [-0.4, -0.2) is 17.8 Å². The van der Waals surface area contributed by atoms with Gasteiger partial charge in [0.05, 0.1) is 5.38 Å². The molecular weight excluding hydrogens is 210 g/mol. The smallest absolute Gasteiger partial charge is 0.223 e. The predicted molar refractivity (Wildman–Crippen MR) is 64.0 cm³/mol. The maximum absolute atomic E-state index is 11.5. The molecule has 3 atom stereocenters. The van der Waals surface area contributed by atoms with E-state index in [1.807, 2.05) is 0 Å². The van der Waals surface area contributed by atoms with Crippen LogP contribution < -0.4 is 5.32 Å². The van der Waals surface area contributed by atoms with Crippen LogP contribution in [0, 0.1) is 17.8 Å². The van der Waals surface area contributed by atoms with E-state index in [-0.39, 0.29) is 17.2 Å². The molecule has 1 aliphatic rings. The van der Waals surface area contributed by atoms with Crippen molar-refractivity contribution in [2.45, 2.75) is 45.4 Å². The molecule has 1 aliphatic carbocycles. The van der Waals surface area contributed by atoms with E-state index in [4.69, 9.17) is 11.6 Å². The standard InChI is InChI=1S/C12H22ClNO/c1-4-9(5-2)11(13)7-14-12(15)10-6-8(10)3/h8-11H,4-7H2,1-3H3,(H,14,15). The summed E-state index contributed by atoms with van der Waals surface area (Å²) in [6.45, 7) is 7.03. The fourth-order valence-electron chi connectivity index (χ4n) is 1.98. The zero-order valence-electron chi connectivity index (χ0n) is 9.92. The number of rotatable bonds is 6. The van der Waals surface area contributed by atoms with Gasteiger partial charge in [-0.25, -0.2) is 0 Å². The third kappa shape index (κ3) is 3.67. The summed E-state index contributed by atoms with van der Waals surface area (Å²) in [6.07, 6.45) is 3.21. The second-order valence-corrected chi connectivity index (χ2v) is 5.22. The average Bonchev–Trinajstić information content (AvgIpc) is 2.94. The number of hydrogen-bond donors (Lipinski definition) is 1. The second-order valence-electron chi connectivity index (χ2n) is 4.66. The molecular formula is C12H22ClNO. The van der Waals surface area contributed by atoms with Gasteiger partial charge in [0.15, 0.2) is 0 Å². The minimum Gasteiger partial charge on any atom is -0.354 e. The largest absolute Gasteiger partial charge is 0.354 e. The molecule has 0 saturated heterocycles. The van der Waals surface area contributed by atoms with Crippen LogP contribution in [0.15, 0.2) is 0 Å². The van der Waals surface area contributed by atoms with E-state index in [2.05, 4.69) is 26.1 Å². The van der Waals surface area contributed by atoms with Gasteiger partial charge in [0, 0.05) is 12.5 Å². The highest BCUT2D eigenvalue weighted by molar-refractivity contribution is 6.21. The molecule has 3 unspecified atom stereocenters. The number of nitrogens with one attached hydrogen (secondary N) is 1. The summed E-state index contributed by atoms with van der Waals surface area (Å²) in [4.78, 5) is 11.5. The number of carbonyl (C=O) groups is 1. The third-order valence-electron chi connectivity index (χ3n) is 3.48. The summed E-state index contributed by atoms with van der Waals surface area (Å²) in [5.74, 6) is 1.55. The van der Waals surface area contributed by atoms with E-state index < -0.39 is 0 Å². The van der Waals surface area contributed by atoms with Crippen LogP contribution in [0.25, 0.3) is 0 Å². The van der Waals surface area contributed by atoms with Crippen LogP contribution in [0.3, 0.4) is 0 Å². The summed E-state index contributed by atoms with van der Waals surface area (Å²) in [5.41, 5.74) is 0. The number of alkyl halides is 1. The van der Waals surface area contributed by atoms with Gasteiger partial charge in [0.2, 0.25) is 5.91 Å². The van der Waals surface area contributed by atoms with Gasteiger partial charge in [-0.05, 0) is 18.3 Å². The SMILES string of the molecule is CCC(CC)C(Cl)CNC(=O)C1CC1C. The molecule has 0 aromatic rings.